The summed E-state index contributed by atoms with van der Waals surface area (Å²) in [7, 11) is 0. The van der Waals surface area contributed by atoms with Crippen molar-refractivity contribution < 1.29 is 9.90 Å². The third-order valence-corrected chi connectivity index (χ3v) is 4.65. The van der Waals surface area contributed by atoms with E-state index in [0.29, 0.717) is 22.3 Å². The quantitative estimate of drug-likeness (QED) is 0.899. The molecule has 0 aliphatic carbocycles. The molecule has 0 saturated carbocycles. The summed E-state index contributed by atoms with van der Waals surface area (Å²) in [6.45, 7) is 3.79. The van der Waals surface area contributed by atoms with Gasteiger partial charge < -0.3 is 10.0 Å². The molecule has 1 aliphatic heterocycles. The van der Waals surface area contributed by atoms with E-state index in [2.05, 4.69) is 14.8 Å². The van der Waals surface area contributed by atoms with Gasteiger partial charge in [0.05, 0.1) is 22.0 Å². The van der Waals surface area contributed by atoms with Crippen molar-refractivity contribution in [3.8, 4) is 0 Å². The number of hydrogen-bond acceptors (Lipinski definition) is 4. The van der Waals surface area contributed by atoms with Crippen LogP contribution in [0.4, 0.5) is 5.69 Å². The maximum Gasteiger partial charge on any atom is 0.337 e. The highest BCUT2D eigenvalue weighted by Gasteiger charge is 2.21. The average Bonchev–Trinajstić information content (AvgIpc) is 2.56. The van der Waals surface area contributed by atoms with E-state index in [0.717, 1.165) is 31.9 Å². The zero-order chi connectivity index (χ0) is 17.1. The lowest BCUT2D eigenvalue weighted by Gasteiger charge is -2.36. The topological polar surface area (TPSA) is 56.7 Å². The van der Waals surface area contributed by atoms with E-state index in [4.69, 9.17) is 23.2 Å². The second-order valence-corrected chi connectivity index (χ2v) is 6.51. The van der Waals surface area contributed by atoms with Crippen molar-refractivity contribution in [3.05, 3.63) is 57.8 Å². The monoisotopic (exact) mass is 365 g/mol. The first-order valence-corrected chi connectivity index (χ1v) is 8.40. The van der Waals surface area contributed by atoms with Gasteiger partial charge in [0.2, 0.25) is 0 Å². The Kier molecular flexibility index (Phi) is 5.23. The summed E-state index contributed by atoms with van der Waals surface area (Å²) in [6, 6.07) is 8.75. The number of nitrogens with zero attached hydrogens (tertiary/aromatic N) is 3. The Balaban J connectivity index is 1.64. The first-order valence-electron chi connectivity index (χ1n) is 7.64. The molecule has 1 aromatic carbocycles. The minimum absolute atomic E-state index is 0.265. The Bertz CT molecular complexity index is 746. The third-order valence-electron chi connectivity index (χ3n) is 4.12. The third kappa shape index (κ3) is 3.80. The van der Waals surface area contributed by atoms with Crippen LogP contribution in [0.3, 0.4) is 0 Å². The molecule has 1 N–H and O–H groups in total. The normalized spacial score (nSPS) is 15.5. The smallest absolute Gasteiger partial charge is 0.337 e. The van der Waals surface area contributed by atoms with E-state index >= 15 is 0 Å². The van der Waals surface area contributed by atoms with Gasteiger partial charge in [0, 0.05) is 43.9 Å². The molecule has 0 unspecified atom stereocenters. The Hall–Kier alpha value is -1.82. The van der Waals surface area contributed by atoms with Crippen molar-refractivity contribution in [3.63, 3.8) is 0 Å². The zero-order valence-corrected chi connectivity index (χ0v) is 14.5. The van der Waals surface area contributed by atoms with Crippen LogP contribution in [-0.4, -0.2) is 47.1 Å². The van der Waals surface area contributed by atoms with Gasteiger partial charge in [-0.05, 0) is 30.3 Å². The second-order valence-electron chi connectivity index (χ2n) is 5.66. The van der Waals surface area contributed by atoms with Crippen LogP contribution in [0.25, 0.3) is 0 Å². The van der Waals surface area contributed by atoms with Crippen LogP contribution >= 0.6 is 23.2 Å². The summed E-state index contributed by atoms with van der Waals surface area (Å²) in [5.41, 5.74) is 1.84. The number of benzene rings is 1. The summed E-state index contributed by atoms with van der Waals surface area (Å²) < 4.78 is 0. The summed E-state index contributed by atoms with van der Waals surface area (Å²) in [5, 5.41) is 10.5. The van der Waals surface area contributed by atoms with Crippen molar-refractivity contribution in [2.75, 3.05) is 31.1 Å². The second kappa shape index (κ2) is 7.38. The van der Waals surface area contributed by atoms with Gasteiger partial charge in [0.25, 0.3) is 0 Å². The van der Waals surface area contributed by atoms with E-state index in [-0.39, 0.29) is 5.56 Å². The first-order chi connectivity index (χ1) is 11.5. The molecule has 5 nitrogen and oxygen atoms in total. The number of hydrogen-bond donors (Lipinski definition) is 1. The van der Waals surface area contributed by atoms with E-state index in [1.807, 2.05) is 12.1 Å². The predicted molar refractivity (Wildman–Crippen MR) is 95.1 cm³/mol. The number of carboxylic acids is 1. The Morgan fingerprint density at radius 3 is 2.58 bits per heavy atom. The molecule has 0 atom stereocenters. The highest BCUT2D eigenvalue weighted by atomic mass is 35.5. The van der Waals surface area contributed by atoms with E-state index in [9.17, 15) is 9.90 Å². The molecule has 2 heterocycles. The number of anilines is 1. The first kappa shape index (κ1) is 17.0. The van der Waals surface area contributed by atoms with Gasteiger partial charge in [-0.15, -0.1) is 0 Å². The molecule has 1 aliphatic rings. The molecule has 0 amide bonds. The van der Waals surface area contributed by atoms with Crippen LogP contribution in [0.15, 0.2) is 36.5 Å². The van der Waals surface area contributed by atoms with Crippen LogP contribution in [0.5, 0.6) is 0 Å². The van der Waals surface area contributed by atoms with Crippen molar-refractivity contribution in [1.82, 2.24) is 9.88 Å². The molecular formula is C17H17Cl2N3O2. The standard InChI is InChI=1S/C17H17Cl2N3O2/c18-12-3-4-16(14(19)10-12)22-8-6-21(7-9-22)11-15-13(17(23)24)2-1-5-20-15/h1-5,10H,6-9,11H2,(H,23,24). The van der Waals surface area contributed by atoms with Gasteiger partial charge in [0.1, 0.15) is 0 Å². The number of halogens is 2. The number of piperazine rings is 1. The van der Waals surface area contributed by atoms with Crippen LogP contribution in [0, 0.1) is 0 Å². The minimum Gasteiger partial charge on any atom is -0.478 e. The van der Waals surface area contributed by atoms with Gasteiger partial charge in [0.15, 0.2) is 0 Å². The molecule has 1 aromatic heterocycles. The molecule has 7 heteroatoms. The number of aromatic carboxylic acids is 1. The van der Waals surface area contributed by atoms with Gasteiger partial charge in [-0.1, -0.05) is 23.2 Å². The van der Waals surface area contributed by atoms with Crippen LogP contribution in [0.1, 0.15) is 16.1 Å². The summed E-state index contributed by atoms with van der Waals surface area (Å²) in [4.78, 5) is 19.9. The van der Waals surface area contributed by atoms with E-state index in [1.54, 1.807) is 24.4 Å². The zero-order valence-electron chi connectivity index (χ0n) is 13.0. The Morgan fingerprint density at radius 1 is 1.17 bits per heavy atom. The number of carboxylic acid groups (broad SMARTS) is 1. The number of aromatic nitrogens is 1. The molecule has 1 fully saturated rings. The fourth-order valence-corrected chi connectivity index (χ4v) is 3.38. The summed E-state index contributed by atoms with van der Waals surface area (Å²) in [5.74, 6) is -0.940. The molecule has 0 bridgehead atoms. The summed E-state index contributed by atoms with van der Waals surface area (Å²) in [6.07, 6.45) is 1.63. The molecule has 0 radical (unpaired) electrons. The maximum atomic E-state index is 11.3. The molecule has 2 aromatic rings. The van der Waals surface area contributed by atoms with Crippen LogP contribution in [0.2, 0.25) is 10.0 Å². The highest BCUT2D eigenvalue weighted by molar-refractivity contribution is 6.36. The van der Waals surface area contributed by atoms with Gasteiger partial charge in [-0.3, -0.25) is 9.88 Å². The van der Waals surface area contributed by atoms with Crippen molar-refractivity contribution in [2.45, 2.75) is 6.54 Å². The number of rotatable bonds is 4. The Labute approximate surface area is 150 Å². The SMILES string of the molecule is O=C(O)c1cccnc1CN1CCN(c2ccc(Cl)cc2Cl)CC1. The molecule has 1 saturated heterocycles. The van der Waals surface area contributed by atoms with Crippen molar-refractivity contribution in [1.29, 1.82) is 0 Å². The van der Waals surface area contributed by atoms with Gasteiger partial charge >= 0.3 is 5.97 Å². The van der Waals surface area contributed by atoms with Gasteiger partial charge in [-0.2, -0.15) is 0 Å². The summed E-state index contributed by atoms with van der Waals surface area (Å²) >= 11 is 12.2. The maximum absolute atomic E-state index is 11.3. The predicted octanol–water partition coefficient (Wildman–Crippen LogP) is 3.41. The molecular weight excluding hydrogens is 349 g/mol. The lowest BCUT2D eigenvalue weighted by molar-refractivity contribution is 0.0693. The van der Waals surface area contributed by atoms with Gasteiger partial charge in [-0.25, -0.2) is 4.79 Å². The lowest BCUT2D eigenvalue weighted by Crippen LogP contribution is -2.46. The van der Waals surface area contributed by atoms with Crippen LogP contribution in [-0.2, 0) is 6.54 Å². The largest absolute Gasteiger partial charge is 0.478 e. The fourth-order valence-electron chi connectivity index (χ4n) is 2.86. The molecule has 3 rings (SSSR count). The van der Waals surface area contributed by atoms with Crippen LogP contribution < -0.4 is 4.90 Å². The number of carbonyl (C=O) groups is 1. The average molecular weight is 366 g/mol. The minimum atomic E-state index is -0.940. The Morgan fingerprint density at radius 2 is 1.92 bits per heavy atom. The lowest BCUT2D eigenvalue weighted by atomic mass is 10.1. The fraction of sp³-hybridized carbons (Fsp3) is 0.294. The molecule has 24 heavy (non-hydrogen) atoms. The van der Waals surface area contributed by atoms with E-state index < -0.39 is 5.97 Å². The molecule has 126 valence electrons. The molecule has 0 spiro atoms. The highest BCUT2D eigenvalue weighted by Crippen LogP contribution is 2.29. The number of pyridine rings is 1. The van der Waals surface area contributed by atoms with E-state index in [1.165, 1.54) is 0 Å². The van der Waals surface area contributed by atoms with Crippen molar-refractivity contribution in [2.24, 2.45) is 0 Å². The van der Waals surface area contributed by atoms with Crippen molar-refractivity contribution >= 4 is 34.9 Å².